The van der Waals surface area contributed by atoms with E-state index in [9.17, 15) is 0 Å². The second-order valence-electron chi connectivity index (χ2n) is 4.56. The molecule has 2 aromatic rings. The van der Waals surface area contributed by atoms with Crippen molar-refractivity contribution in [3.05, 3.63) is 36.5 Å². The number of nitrogens with zero attached hydrogens (tertiary/aromatic N) is 4. The molecular formula is C13H16N6. The van der Waals surface area contributed by atoms with Crippen LogP contribution < -0.4 is 10.6 Å². The molecule has 2 aromatic heterocycles. The first kappa shape index (κ1) is 12.0. The fourth-order valence-corrected chi connectivity index (χ4v) is 2.24. The van der Waals surface area contributed by atoms with Gasteiger partial charge in [0.05, 0.1) is 11.9 Å². The van der Waals surface area contributed by atoms with Crippen molar-refractivity contribution in [3.8, 4) is 0 Å². The van der Waals surface area contributed by atoms with E-state index in [1.54, 1.807) is 24.8 Å². The van der Waals surface area contributed by atoms with Crippen LogP contribution in [0.25, 0.3) is 0 Å². The topological polar surface area (TPSA) is 75.6 Å². The minimum atomic E-state index is 0.471. The Morgan fingerprint density at radius 3 is 3.00 bits per heavy atom. The summed E-state index contributed by atoms with van der Waals surface area (Å²) in [5, 5.41) is 6.47. The van der Waals surface area contributed by atoms with Gasteiger partial charge in [0, 0.05) is 31.1 Å². The number of piperidine rings is 1. The molecule has 0 unspecified atom stereocenters. The third-order valence-electron chi connectivity index (χ3n) is 3.20. The Balaban J connectivity index is 1.76. The van der Waals surface area contributed by atoms with Crippen molar-refractivity contribution in [2.75, 3.05) is 18.4 Å². The first-order chi connectivity index (χ1) is 9.42. The second kappa shape index (κ2) is 5.71. The minimum Gasteiger partial charge on any atom is -0.316 e. The Hall–Kier alpha value is -2.08. The van der Waals surface area contributed by atoms with Crippen LogP contribution in [0.1, 0.15) is 24.5 Å². The maximum atomic E-state index is 4.56. The van der Waals surface area contributed by atoms with E-state index in [-0.39, 0.29) is 0 Å². The van der Waals surface area contributed by atoms with Gasteiger partial charge in [0.25, 0.3) is 0 Å². The molecule has 1 aliphatic heterocycles. The van der Waals surface area contributed by atoms with Crippen molar-refractivity contribution >= 4 is 11.8 Å². The van der Waals surface area contributed by atoms with Crippen LogP contribution in [0.5, 0.6) is 0 Å². The molecule has 1 fully saturated rings. The number of aromatic nitrogens is 4. The lowest BCUT2D eigenvalue weighted by Gasteiger charge is -2.22. The number of hydrogen-bond donors (Lipinski definition) is 2. The van der Waals surface area contributed by atoms with Crippen molar-refractivity contribution < 1.29 is 0 Å². The van der Waals surface area contributed by atoms with Gasteiger partial charge < -0.3 is 10.6 Å². The molecule has 0 radical (unpaired) electrons. The molecule has 0 saturated carbocycles. The maximum absolute atomic E-state index is 4.56. The first-order valence-corrected chi connectivity index (χ1v) is 6.48. The predicted octanol–water partition coefficient (Wildman–Crippen LogP) is 1.48. The molecule has 0 aromatic carbocycles. The number of rotatable bonds is 3. The van der Waals surface area contributed by atoms with Gasteiger partial charge >= 0.3 is 0 Å². The molecule has 0 aliphatic carbocycles. The summed E-state index contributed by atoms with van der Waals surface area (Å²) in [5.41, 5.74) is 1.08. The highest BCUT2D eigenvalue weighted by Gasteiger charge is 2.16. The van der Waals surface area contributed by atoms with E-state index >= 15 is 0 Å². The van der Waals surface area contributed by atoms with Crippen LogP contribution in [0.15, 0.2) is 30.9 Å². The molecule has 0 bridgehead atoms. The number of hydrogen-bond acceptors (Lipinski definition) is 6. The van der Waals surface area contributed by atoms with E-state index in [1.165, 1.54) is 12.8 Å². The molecule has 3 rings (SSSR count). The lowest BCUT2D eigenvalue weighted by atomic mass is 9.96. The Labute approximate surface area is 111 Å². The van der Waals surface area contributed by atoms with Crippen LogP contribution in [0.2, 0.25) is 0 Å². The molecule has 19 heavy (non-hydrogen) atoms. The summed E-state index contributed by atoms with van der Waals surface area (Å²) in [6, 6.07) is 1.99. The van der Waals surface area contributed by atoms with Crippen LogP contribution in [0.4, 0.5) is 11.8 Å². The van der Waals surface area contributed by atoms with Gasteiger partial charge in [-0.15, -0.1) is 0 Å². The highest BCUT2D eigenvalue weighted by atomic mass is 15.1. The Bertz CT molecular complexity index is 524. The highest BCUT2D eigenvalue weighted by molar-refractivity contribution is 5.45. The van der Waals surface area contributed by atoms with E-state index in [4.69, 9.17) is 0 Å². The zero-order valence-corrected chi connectivity index (χ0v) is 10.6. The van der Waals surface area contributed by atoms with Crippen molar-refractivity contribution in [3.63, 3.8) is 0 Å². The van der Waals surface area contributed by atoms with E-state index < -0.39 is 0 Å². The predicted molar refractivity (Wildman–Crippen MR) is 72.2 cm³/mol. The van der Waals surface area contributed by atoms with Gasteiger partial charge in [-0.2, -0.15) is 0 Å². The number of anilines is 2. The summed E-state index contributed by atoms with van der Waals surface area (Å²) >= 11 is 0. The van der Waals surface area contributed by atoms with Crippen LogP contribution in [-0.4, -0.2) is 33.0 Å². The molecule has 0 spiro atoms. The average molecular weight is 256 g/mol. The zero-order chi connectivity index (χ0) is 12.9. The minimum absolute atomic E-state index is 0.471. The largest absolute Gasteiger partial charge is 0.316 e. The third-order valence-corrected chi connectivity index (χ3v) is 3.20. The molecule has 98 valence electrons. The number of nitrogens with one attached hydrogen (secondary N) is 2. The molecule has 6 nitrogen and oxygen atoms in total. The molecule has 1 atom stereocenters. The molecule has 3 heterocycles. The lowest BCUT2D eigenvalue weighted by Crippen LogP contribution is -2.28. The van der Waals surface area contributed by atoms with Gasteiger partial charge in [-0.3, -0.25) is 4.98 Å². The normalized spacial score (nSPS) is 19.1. The molecule has 6 heteroatoms. The summed E-state index contributed by atoms with van der Waals surface area (Å²) in [4.78, 5) is 16.9. The smallest absolute Gasteiger partial charge is 0.228 e. The van der Waals surface area contributed by atoms with Gasteiger partial charge in [0.1, 0.15) is 0 Å². The van der Waals surface area contributed by atoms with Gasteiger partial charge in [-0.25, -0.2) is 15.0 Å². The summed E-state index contributed by atoms with van der Waals surface area (Å²) in [5.74, 6) is 1.70. The molecular weight excluding hydrogens is 240 g/mol. The fourth-order valence-electron chi connectivity index (χ4n) is 2.24. The monoisotopic (exact) mass is 256 g/mol. The standard InChI is InChI=1S/C13H16N6/c1-2-10(8-14-4-1)11-3-5-17-13(18-11)19-12-9-15-6-7-16-12/h3,5-7,9-10,14H,1-2,4,8H2,(H,16,17,18,19)/t10-/m1/s1. The van der Waals surface area contributed by atoms with Crippen molar-refractivity contribution in [1.29, 1.82) is 0 Å². The van der Waals surface area contributed by atoms with Crippen LogP contribution in [-0.2, 0) is 0 Å². The SMILES string of the molecule is c1cnc(Nc2nccc([C@@H]3CCCNC3)n2)cn1. The average Bonchev–Trinajstić information content (AvgIpc) is 2.49. The van der Waals surface area contributed by atoms with Crippen LogP contribution in [0.3, 0.4) is 0 Å². The Kier molecular flexibility index (Phi) is 3.60. The molecule has 1 aliphatic rings. The summed E-state index contributed by atoms with van der Waals surface area (Å²) in [6.07, 6.45) is 9.08. The maximum Gasteiger partial charge on any atom is 0.228 e. The van der Waals surface area contributed by atoms with Gasteiger partial charge in [-0.1, -0.05) is 0 Å². The first-order valence-electron chi connectivity index (χ1n) is 6.48. The Morgan fingerprint density at radius 1 is 1.21 bits per heavy atom. The van der Waals surface area contributed by atoms with Crippen molar-refractivity contribution in [2.45, 2.75) is 18.8 Å². The van der Waals surface area contributed by atoms with Gasteiger partial charge in [0.2, 0.25) is 5.95 Å². The quantitative estimate of drug-likeness (QED) is 0.866. The zero-order valence-electron chi connectivity index (χ0n) is 10.6. The van der Waals surface area contributed by atoms with Gasteiger partial charge in [-0.05, 0) is 25.5 Å². The van der Waals surface area contributed by atoms with E-state index in [0.29, 0.717) is 17.7 Å². The summed E-state index contributed by atoms with van der Waals surface area (Å²) in [7, 11) is 0. The highest BCUT2D eigenvalue weighted by Crippen LogP contribution is 2.22. The van der Waals surface area contributed by atoms with E-state index in [1.807, 2.05) is 6.07 Å². The fraction of sp³-hybridized carbons (Fsp3) is 0.385. The molecule has 2 N–H and O–H groups in total. The summed E-state index contributed by atoms with van der Waals surface area (Å²) in [6.45, 7) is 2.09. The van der Waals surface area contributed by atoms with E-state index in [0.717, 1.165) is 18.8 Å². The third kappa shape index (κ3) is 3.03. The van der Waals surface area contributed by atoms with Crippen molar-refractivity contribution in [2.24, 2.45) is 0 Å². The van der Waals surface area contributed by atoms with Crippen LogP contribution >= 0.6 is 0 Å². The molecule has 0 amide bonds. The van der Waals surface area contributed by atoms with E-state index in [2.05, 4.69) is 30.6 Å². The molecule has 1 saturated heterocycles. The lowest BCUT2D eigenvalue weighted by molar-refractivity contribution is 0.454. The second-order valence-corrected chi connectivity index (χ2v) is 4.56. The van der Waals surface area contributed by atoms with Crippen molar-refractivity contribution in [1.82, 2.24) is 25.3 Å². The van der Waals surface area contributed by atoms with Crippen LogP contribution in [0, 0.1) is 0 Å². The Morgan fingerprint density at radius 2 is 2.21 bits per heavy atom. The van der Waals surface area contributed by atoms with Gasteiger partial charge in [0.15, 0.2) is 5.82 Å². The summed E-state index contributed by atoms with van der Waals surface area (Å²) < 4.78 is 0.